The number of benzene rings is 1. The van der Waals surface area contributed by atoms with E-state index in [4.69, 9.17) is 17.3 Å². The van der Waals surface area contributed by atoms with Gasteiger partial charge in [-0.05, 0) is 57.2 Å². The van der Waals surface area contributed by atoms with Crippen LogP contribution in [0.15, 0.2) is 22.7 Å². The third-order valence-corrected chi connectivity index (χ3v) is 10.8. The third-order valence-electron chi connectivity index (χ3n) is 9.31. The number of Topliss-reactive ketones (excluding diaryl/α,β-unsaturated/α-hetero) is 2. The number of primary amides is 1. The fraction of sp³-hybridized carbons (Fsp3) is 0.517. The molecule has 5 atom stereocenters. The van der Waals surface area contributed by atoms with Crippen LogP contribution in [0.5, 0.6) is 5.75 Å². The molecule has 12 nitrogen and oxygen atoms in total. The predicted octanol–water partition coefficient (Wildman–Crippen LogP) is 2.34. The van der Waals surface area contributed by atoms with Crippen LogP contribution in [0.2, 0.25) is 5.02 Å². The second-order valence-electron chi connectivity index (χ2n) is 12.2. The van der Waals surface area contributed by atoms with E-state index in [0.717, 1.165) is 19.3 Å². The first-order valence-electron chi connectivity index (χ1n) is 13.9. The van der Waals surface area contributed by atoms with Gasteiger partial charge in [0.1, 0.15) is 22.8 Å². The van der Waals surface area contributed by atoms with Gasteiger partial charge in [0.15, 0.2) is 17.1 Å². The number of nitrogens with one attached hydrogen (secondary N) is 1. The molecule has 0 radical (unpaired) electrons. The Morgan fingerprint density at radius 3 is 2.28 bits per heavy atom. The van der Waals surface area contributed by atoms with Crippen LogP contribution in [-0.2, 0) is 20.8 Å². The number of hydrogen-bond acceptors (Lipinski definition) is 10. The molecule has 0 aromatic heterocycles. The van der Waals surface area contributed by atoms with E-state index in [9.17, 15) is 39.6 Å². The summed E-state index contributed by atoms with van der Waals surface area (Å²) in [7, 11) is 6.50. The SMILES string of the molecule is CN(C)c1c(Cl)c(NC(=O)C(Br)C2CCC2)c(O)c2c1CC1CC3[C@H](N(C)C)C(O)=C(C(N)=O)C(=O)C3(O)C(O)=C1C2=O. The topological polar surface area (TPSA) is 194 Å². The third kappa shape index (κ3) is 4.46. The molecule has 43 heavy (non-hydrogen) atoms. The molecule has 4 aliphatic rings. The van der Waals surface area contributed by atoms with E-state index in [1.165, 1.54) is 4.90 Å². The number of fused-ring (bicyclic) bond motifs is 3. The zero-order chi connectivity index (χ0) is 31.9. The molecule has 4 aliphatic carbocycles. The Balaban J connectivity index is 1.68. The van der Waals surface area contributed by atoms with Gasteiger partial charge in [-0.2, -0.15) is 0 Å². The quantitative estimate of drug-likeness (QED) is 0.147. The Morgan fingerprint density at radius 2 is 1.77 bits per heavy atom. The first-order valence-corrected chi connectivity index (χ1v) is 15.2. The van der Waals surface area contributed by atoms with E-state index in [-0.39, 0.29) is 40.6 Å². The summed E-state index contributed by atoms with van der Waals surface area (Å²) in [6, 6.07) is -1.10. The van der Waals surface area contributed by atoms with Crippen LogP contribution in [-0.4, -0.2) is 93.4 Å². The highest BCUT2D eigenvalue weighted by molar-refractivity contribution is 9.10. The molecule has 0 aliphatic heterocycles. The summed E-state index contributed by atoms with van der Waals surface area (Å²) >= 11 is 10.2. The number of aliphatic hydroxyl groups is 3. The van der Waals surface area contributed by atoms with Gasteiger partial charge < -0.3 is 36.4 Å². The number of allylic oxidation sites excluding steroid dienone is 1. The van der Waals surface area contributed by atoms with Crippen molar-refractivity contribution < 1.29 is 39.6 Å². The molecular weight excluding hydrogens is 648 g/mol. The molecule has 1 aromatic carbocycles. The number of ketones is 2. The molecule has 0 spiro atoms. The Bertz CT molecular complexity index is 1530. The molecule has 4 unspecified atom stereocenters. The maximum Gasteiger partial charge on any atom is 0.255 e. The average Bonchev–Trinajstić information content (AvgIpc) is 2.86. The summed E-state index contributed by atoms with van der Waals surface area (Å²) in [5, 5.41) is 48.4. The summed E-state index contributed by atoms with van der Waals surface area (Å²) in [5.41, 5.74) is 1.78. The van der Waals surface area contributed by atoms with Gasteiger partial charge >= 0.3 is 0 Å². The number of phenols is 1. The van der Waals surface area contributed by atoms with Gasteiger partial charge in [0.25, 0.3) is 5.91 Å². The molecule has 7 N–H and O–H groups in total. The highest BCUT2D eigenvalue weighted by Crippen LogP contribution is 2.55. The van der Waals surface area contributed by atoms with E-state index >= 15 is 0 Å². The van der Waals surface area contributed by atoms with Gasteiger partial charge in [-0.3, -0.25) is 24.1 Å². The smallest absolute Gasteiger partial charge is 0.255 e. The van der Waals surface area contributed by atoms with Gasteiger partial charge in [-0.1, -0.05) is 34.0 Å². The van der Waals surface area contributed by atoms with Crippen LogP contribution in [0.1, 0.15) is 41.6 Å². The summed E-state index contributed by atoms with van der Waals surface area (Å²) in [6.07, 6.45) is 2.75. The average molecular weight is 682 g/mol. The van der Waals surface area contributed by atoms with Gasteiger partial charge in [0.2, 0.25) is 11.7 Å². The van der Waals surface area contributed by atoms with Crippen molar-refractivity contribution in [3.05, 3.63) is 38.8 Å². The largest absolute Gasteiger partial charge is 0.510 e. The number of carbonyl (C=O) groups excluding carboxylic acids is 4. The van der Waals surface area contributed by atoms with Gasteiger partial charge in [0.05, 0.1) is 27.1 Å². The van der Waals surface area contributed by atoms with Crippen molar-refractivity contribution in [2.75, 3.05) is 38.4 Å². The van der Waals surface area contributed by atoms with Crippen molar-refractivity contribution in [2.45, 2.75) is 48.6 Å². The van der Waals surface area contributed by atoms with E-state index < -0.39 is 74.5 Å². The molecule has 1 fully saturated rings. The van der Waals surface area contributed by atoms with E-state index in [1.54, 1.807) is 33.1 Å². The van der Waals surface area contributed by atoms with Crippen LogP contribution < -0.4 is 16.0 Å². The number of phenolic OH excluding ortho intramolecular Hbond substituents is 1. The Morgan fingerprint density at radius 1 is 1.14 bits per heavy atom. The minimum atomic E-state index is -2.75. The van der Waals surface area contributed by atoms with Crippen molar-refractivity contribution in [3.8, 4) is 5.75 Å². The number of hydrogen-bond donors (Lipinski definition) is 6. The molecular formula is C29H34BrClN4O8. The zero-order valence-electron chi connectivity index (χ0n) is 24.1. The highest BCUT2D eigenvalue weighted by Gasteiger charge is 2.63. The van der Waals surface area contributed by atoms with E-state index in [1.807, 2.05) is 0 Å². The minimum Gasteiger partial charge on any atom is -0.510 e. The standard InChI is InChI=1S/C29H34BrClN4O8/c1-34(2)20-12-8-11-9-13-21(35(3)4)24(38)16(27(32)41)26(40)29(13,43)25(39)14(11)22(36)15(12)23(37)19(18(20)31)33-28(42)17(30)10-6-5-7-10/h10-11,13,17,21,37-39,43H,5-9H2,1-4H3,(H2,32,41)(H,33,42)/t11?,13?,17?,21-,29?/m0/s1. The Labute approximate surface area is 261 Å². The number of nitrogens with two attached hydrogens (primary N) is 1. The zero-order valence-corrected chi connectivity index (χ0v) is 26.4. The molecule has 1 aromatic rings. The number of alkyl halides is 1. The monoisotopic (exact) mass is 680 g/mol. The number of anilines is 2. The summed E-state index contributed by atoms with van der Waals surface area (Å²) in [5.74, 6) is -7.93. The summed E-state index contributed by atoms with van der Waals surface area (Å²) in [4.78, 5) is 55.5. The van der Waals surface area contributed by atoms with Crippen molar-refractivity contribution in [3.63, 3.8) is 0 Å². The maximum atomic E-state index is 14.2. The number of rotatable bonds is 6. The Hall–Kier alpha value is -3.13. The predicted molar refractivity (Wildman–Crippen MR) is 162 cm³/mol. The van der Waals surface area contributed by atoms with Gasteiger partial charge in [-0.25, -0.2) is 0 Å². The first-order chi connectivity index (χ1) is 20.0. The minimum absolute atomic E-state index is 0.0189. The van der Waals surface area contributed by atoms with Crippen LogP contribution in [0.4, 0.5) is 11.4 Å². The second-order valence-corrected chi connectivity index (χ2v) is 13.5. The maximum absolute atomic E-state index is 14.2. The fourth-order valence-electron chi connectivity index (χ4n) is 7.05. The van der Waals surface area contributed by atoms with E-state index in [2.05, 4.69) is 21.2 Å². The molecule has 14 heteroatoms. The molecule has 1 saturated carbocycles. The first kappa shape index (κ1) is 31.3. The summed E-state index contributed by atoms with van der Waals surface area (Å²) in [6.45, 7) is 0. The highest BCUT2D eigenvalue weighted by atomic mass is 79.9. The number of amides is 2. The lowest BCUT2D eigenvalue weighted by Gasteiger charge is -2.50. The van der Waals surface area contributed by atoms with Crippen LogP contribution in [0, 0.1) is 17.8 Å². The van der Waals surface area contributed by atoms with Crippen molar-refractivity contribution in [1.29, 1.82) is 0 Å². The normalized spacial score (nSPS) is 27.8. The molecule has 0 bridgehead atoms. The molecule has 2 amide bonds. The van der Waals surface area contributed by atoms with Gasteiger partial charge in [0, 0.05) is 25.6 Å². The second kappa shape index (κ2) is 10.8. The number of aliphatic hydroxyl groups excluding tert-OH is 2. The van der Waals surface area contributed by atoms with Gasteiger partial charge in [-0.15, -0.1) is 0 Å². The van der Waals surface area contributed by atoms with Crippen molar-refractivity contribution in [1.82, 2.24) is 4.90 Å². The lowest BCUT2D eigenvalue weighted by atomic mass is 9.58. The molecule has 0 saturated heterocycles. The van der Waals surface area contributed by atoms with Crippen LogP contribution in [0.25, 0.3) is 0 Å². The molecule has 232 valence electrons. The Kier molecular flexibility index (Phi) is 7.86. The molecule has 0 heterocycles. The number of nitrogens with zero attached hydrogens (tertiary/aromatic N) is 2. The fourth-order valence-corrected chi connectivity index (χ4v) is 8.12. The van der Waals surface area contributed by atoms with Crippen LogP contribution in [0.3, 0.4) is 0 Å². The summed E-state index contributed by atoms with van der Waals surface area (Å²) < 4.78 is 0. The molecule has 5 rings (SSSR count). The number of halogens is 2. The number of likely N-dealkylation sites (N-methyl/N-ethyl adjacent to an activating group) is 1. The lowest BCUT2D eigenvalue weighted by Crippen LogP contribution is -2.63. The van der Waals surface area contributed by atoms with Crippen LogP contribution >= 0.6 is 27.5 Å². The van der Waals surface area contributed by atoms with Crippen molar-refractivity contribution in [2.24, 2.45) is 23.5 Å². The van der Waals surface area contributed by atoms with Crippen molar-refractivity contribution >= 4 is 62.3 Å². The lowest BCUT2D eigenvalue weighted by molar-refractivity contribution is -0.148. The van der Waals surface area contributed by atoms with E-state index in [0.29, 0.717) is 11.3 Å². The number of aromatic hydroxyl groups is 1. The number of carbonyl (C=O) groups is 4.